The lowest BCUT2D eigenvalue weighted by molar-refractivity contribution is 0.490. The molecule has 1 aliphatic heterocycles. The smallest absolute Gasteiger partial charge is 0.193 e. The topological polar surface area (TPSA) is 27.6 Å². The van der Waals surface area contributed by atoms with Crippen LogP contribution in [0.1, 0.15) is 52.9 Å². The quantitative estimate of drug-likeness (QED) is 0.337. The number of hydrogen-bond donors (Lipinski definition) is 1. The second-order valence-corrected chi connectivity index (χ2v) is 5.32. The third-order valence-electron chi connectivity index (χ3n) is 3.19. The van der Waals surface area contributed by atoms with E-state index in [9.17, 15) is 0 Å². The molecule has 1 rings (SSSR count). The average Bonchev–Trinajstić information content (AvgIpc) is 2.80. The molecule has 0 aromatic carbocycles. The van der Waals surface area contributed by atoms with Gasteiger partial charge < -0.3 is 10.2 Å². The van der Waals surface area contributed by atoms with Gasteiger partial charge in [0.15, 0.2) is 5.96 Å². The molecular formula is C14H30IN3. The minimum atomic E-state index is 0. The van der Waals surface area contributed by atoms with Gasteiger partial charge in [0, 0.05) is 26.2 Å². The van der Waals surface area contributed by atoms with Gasteiger partial charge in [0.1, 0.15) is 0 Å². The van der Waals surface area contributed by atoms with Crippen molar-refractivity contribution in [3.63, 3.8) is 0 Å². The zero-order valence-corrected chi connectivity index (χ0v) is 14.6. The maximum absolute atomic E-state index is 4.72. The lowest BCUT2D eigenvalue weighted by atomic mass is 10.1. The van der Waals surface area contributed by atoms with Crippen LogP contribution in [0.2, 0.25) is 0 Å². The van der Waals surface area contributed by atoms with Crippen LogP contribution in [0, 0.1) is 5.92 Å². The Balaban J connectivity index is 0.00000289. The van der Waals surface area contributed by atoms with E-state index in [1.165, 1.54) is 45.2 Å². The number of nitrogens with one attached hydrogen (secondary N) is 1. The van der Waals surface area contributed by atoms with Gasteiger partial charge in [0.2, 0.25) is 0 Å². The van der Waals surface area contributed by atoms with Crippen LogP contribution >= 0.6 is 24.0 Å². The second-order valence-electron chi connectivity index (χ2n) is 5.32. The van der Waals surface area contributed by atoms with E-state index < -0.39 is 0 Å². The Labute approximate surface area is 130 Å². The molecule has 0 aromatic heterocycles. The second kappa shape index (κ2) is 10.9. The number of nitrogens with zero attached hydrogens (tertiary/aromatic N) is 2. The highest BCUT2D eigenvalue weighted by molar-refractivity contribution is 14.0. The molecule has 4 heteroatoms. The first kappa shape index (κ1) is 18.0. The highest BCUT2D eigenvalue weighted by atomic mass is 127. The molecule has 1 saturated heterocycles. The first-order chi connectivity index (χ1) is 8.24. The maximum atomic E-state index is 4.72. The Hall–Kier alpha value is 0. The predicted molar refractivity (Wildman–Crippen MR) is 90.9 cm³/mol. The van der Waals surface area contributed by atoms with E-state index in [2.05, 4.69) is 31.0 Å². The molecule has 0 unspecified atom stereocenters. The predicted octanol–water partition coefficient (Wildman–Crippen LogP) is 3.49. The van der Waals surface area contributed by atoms with Crippen LogP contribution in [-0.2, 0) is 0 Å². The lowest BCUT2D eigenvalue weighted by Crippen LogP contribution is -2.39. The van der Waals surface area contributed by atoms with Crippen LogP contribution < -0.4 is 5.32 Å². The zero-order valence-electron chi connectivity index (χ0n) is 12.2. The van der Waals surface area contributed by atoms with Crippen molar-refractivity contribution in [3.05, 3.63) is 0 Å². The summed E-state index contributed by atoms with van der Waals surface area (Å²) in [4.78, 5) is 7.12. The van der Waals surface area contributed by atoms with Gasteiger partial charge in [-0.2, -0.15) is 0 Å². The van der Waals surface area contributed by atoms with Crippen molar-refractivity contribution in [3.8, 4) is 0 Å². The Bertz CT molecular complexity index is 223. The molecule has 108 valence electrons. The van der Waals surface area contributed by atoms with Gasteiger partial charge in [-0.05, 0) is 32.1 Å². The van der Waals surface area contributed by atoms with Crippen molar-refractivity contribution in [1.82, 2.24) is 10.2 Å². The van der Waals surface area contributed by atoms with E-state index in [0.717, 1.165) is 25.0 Å². The average molecular weight is 367 g/mol. The molecule has 0 spiro atoms. The summed E-state index contributed by atoms with van der Waals surface area (Å²) in [6.45, 7) is 11.0. The number of likely N-dealkylation sites (tertiary alicyclic amines) is 1. The fourth-order valence-electron chi connectivity index (χ4n) is 2.20. The van der Waals surface area contributed by atoms with Crippen molar-refractivity contribution in [2.75, 3.05) is 26.2 Å². The maximum Gasteiger partial charge on any atom is 0.193 e. The third-order valence-corrected chi connectivity index (χ3v) is 3.19. The van der Waals surface area contributed by atoms with E-state index in [1.54, 1.807) is 0 Å². The van der Waals surface area contributed by atoms with E-state index in [4.69, 9.17) is 4.99 Å². The fraction of sp³-hybridized carbons (Fsp3) is 0.929. The summed E-state index contributed by atoms with van der Waals surface area (Å²) in [5.74, 6) is 1.96. The van der Waals surface area contributed by atoms with Crippen LogP contribution in [0.5, 0.6) is 0 Å². The summed E-state index contributed by atoms with van der Waals surface area (Å²) in [6, 6.07) is 0. The van der Waals surface area contributed by atoms with Crippen molar-refractivity contribution in [1.29, 1.82) is 0 Å². The number of aliphatic imine (C=N–C) groups is 1. The molecule has 1 aliphatic rings. The molecule has 0 aromatic rings. The number of halogens is 1. The van der Waals surface area contributed by atoms with E-state index in [0.29, 0.717) is 0 Å². The lowest BCUT2D eigenvalue weighted by Gasteiger charge is -2.20. The first-order valence-electron chi connectivity index (χ1n) is 7.27. The van der Waals surface area contributed by atoms with Crippen molar-refractivity contribution >= 4 is 29.9 Å². The molecular weight excluding hydrogens is 337 g/mol. The third kappa shape index (κ3) is 7.44. The molecule has 1 heterocycles. The number of hydrogen-bond acceptors (Lipinski definition) is 1. The normalized spacial score (nSPS) is 16.0. The summed E-state index contributed by atoms with van der Waals surface area (Å²) < 4.78 is 0. The molecule has 0 amide bonds. The van der Waals surface area contributed by atoms with Crippen LogP contribution in [-0.4, -0.2) is 37.0 Å². The summed E-state index contributed by atoms with van der Waals surface area (Å²) in [6.07, 6.45) is 6.49. The minimum absolute atomic E-state index is 0. The van der Waals surface area contributed by atoms with Gasteiger partial charge in [-0.25, -0.2) is 0 Å². The molecule has 1 N–H and O–H groups in total. The SMILES string of the molecule is CCNC(=NCCCCC(C)C)N1CCCC1.I. The van der Waals surface area contributed by atoms with Gasteiger partial charge in [-0.3, -0.25) is 4.99 Å². The summed E-state index contributed by atoms with van der Waals surface area (Å²) in [7, 11) is 0. The van der Waals surface area contributed by atoms with E-state index in [1.807, 2.05) is 0 Å². The van der Waals surface area contributed by atoms with Gasteiger partial charge in [-0.1, -0.05) is 26.7 Å². The molecule has 0 radical (unpaired) electrons. The van der Waals surface area contributed by atoms with Crippen LogP contribution in [0.4, 0.5) is 0 Å². The van der Waals surface area contributed by atoms with Gasteiger partial charge in [0.05, 0.1) is 0 Å². The Morgan fingerprint density at radius 1 is 1.22 bits per heavy atom. The largest absolute Gasteiger partial charge is 0.357 e. The zero-order chi connectivity index (χ0) is 12.5. The summed E-state index contributed by atoms with van der Waals surface area (Å²) in [5, 5.41) is 3.40. The highest BCUT2D eigenvalue weighted by Gasteiger charge is 2.14. The Morgan fingerprint density at radius 2 is 1.89 bits per heavy atom. The molecule has 3 nitrogen and oxygen atoms in total. The van der Waals surface area contributed by atoms with E-state index >= 15 is 0 Å². The summed E-state index contributed by atoms with van der Waals surface area (Å²) in [5.41, 5.74) is 0. The van der Waals surface area contributed by atoms with Crippen molar-refractivity contribution < 1.29 is 0 Å². The van der Waals surface area contributed by atoms with Crippen LogP contribution in [0.3, 0.4) is 0 Å². The monoisotopic (exact) mass is 367 g/mol. The first-order valence-corrected chi connectivity index (χ1v) is 7.27. The Morgan fingerprint density at radius 3 is 2.44 bits per heavy atom. The van der Waals surface area contributed by atoms with Gasteiger partial charge in [-0.15, -0.1) is 24.0 Å². The minimum Gasteiger partial charge on any atom is -0.357 e. The summed E-state index contributed by atoms with van der Waals surface area (Å²) >= 11 is 0. The number of unbranched alkanes of at least 4 members (excludes halogenated alkanes) is 1. The van der Waals surface area contributed by atoms with Gasteiger partial charge in [0.25, 0.3) is 0 Å². The molecule has 0 aliphatic carbocycles. The molecule has 0 bridgehead atoms. The van der Waals surface area contributed by atoms with Crippen molar-refractivity contribution in [2.24, 2.45) is 10.9 Å². The number of rotatable bonds is 6. The molecule has 1 fully saturated rings. The molecule has 0 saturated carbocycles. The van der Waals surface area contributed by atoms with Crippen LogP contribution in [0.25, 0.3) is 0 Å². The van der Waals surface area contributed by atoms with Gasteiger partial charge >= 0.3 is 0 Å². The fourth-order valence-corrected chi connectivity index (χ4v) is 2.20. The van der Waals surface area contributed by atoms with Crippen molar-refractivity contribution in [2.45, 2.75) is 52.9 Å². The van der Waals surface area contributed by atoms with Crippen LogP contribution in [0.15, 0.2) is 4.99 Å². The molecule has 0 atom stereocenters. The highest BCUT2D eigenvalue weighted by Crippen LogP contribution is 2.09. The Kier molecular flexibility index (Phi) is 10.9. The molecule has 18 heavy (non-hydrogen) atoms. The number of guanidine groups is 1. The standard InChI is InChI=1S/C14H29N3.HI/c1-4-15-14(17-11-7-8-12-17)16-10-6-5-9-13(2)3;/h13H,4-12H2,1-3H3,(H,15,16);1H. The van der Waals surface area contributed by atoms with E-state index in [-0.39, 0.29) is 24.0 Å².